The van der Waals surface area contributed by atoms with Gasteiger partial charge in [-0.2, -0.15) is 0 Å². The Balaban J connectivity index is 1.50. The van der Waals surface area contributed by atoms with Gasteiger partial charge in [0.15, 0.2) is 0 Å². The number of aromatic nitrogens is 1. The molecule has 1 unspecified atom stereocenters. The number of oxazole rings is 1. The number of nitro benzene ring substituents is 1. The van der Waals surface area contributed by atoms with Crippen molar-refractivity contribution in [3.63, 3.8) is 0 Å². The summed E-state index contributed by atoms with van der Waals surface area (Å²) in [6.07, 6.45) is 1.24. The van der Waals surface area contributed by atoms with Crippen LogP contribution < -0.4 is 5.32 Å². The van der Waals surface area contributed by atoms with Crippen LogP contribution in [-0.2, 0) is 4.79 Å². The molecule has 1 aliphatic heterocycles. The van der Waals surface area contributed by atoms with Crippen molar-refractivity contribution in [1.82, 2.24) is 9.88 Å². The number of carbonyl (C=O) groups excluding carboxylic acids is 2. The number of benzene rings is 2. The first-order chi connectivity index (χ1) is 15.7. The number of anilines is 1. The minimum atomic E-state index is -0.622. The van der Waals surface area contributed by atoms with E-state index in [-0.39, 0.29) is 17.5 Å². The van der Waals surface area contributed by atoms with Crippen molar-refractivity contribution in [2.24, 2.45) is 0 Å². The molecule has 1 N–H and O–H groups in total. The van der Waals surface area contributed by atoms with Crippen molar-refractivity contribution >= 4 is 23.2 Å². The summed E-state index contributed by atoms with van der Waals surface area (Å²) in [4.78, 5) is 42.6. The Labute approximate surface area is 190 Å². The molecule has 2 heterocycles. The maximum atomic E-state index is 13.1. The smallest absolute Gasteiger partial charge is 0.272 e. The Bertz CT molecular complexity index is 1230. The molecule has 1 aromatic heterocycles. The third-order valence-corrected chi connectivity index (χ3v) is 5.86. The van der Waals surface area contributed by atoms with Crippen LogP contribution in [0.3, 0.4) is 0 Å². The lowest BCUT2D eigenvalue weighted by molar-refractivity contribution is -0.385. The highest BCUT2D eigenvalue weighted by molar-refractivity contribution is 6.02. The molecule has 2 amide bonds. The highest BCUT2D eigenvalue weighted by atomic mass is 16.6. The van der Waals surface area contributed by atoms with Crippen molar-refractivity contribution in [2.45, 2.75) is 39.7 Å². The van der Waals surface area contributed by atoms with Gasteiger partial charge in [0.05, 0.1) is 10.6 Å². The summed E-state index contributed by atoms with van der Waals surface area (Å²) >= 11 is 0. The number of likely N-dealkylation sites (tertiary alicyclic amines) is 1. The van der Waals surface area contributed by atoms with E-state index in [2.05, 4.69) is 10.3 Å². The van der Waals surface area contributed by atoms with E-state index in [1.54, 1.807) is 25.1 Å². The second-order valence-electron chi connectivity index (χ2n) is 8.15. The topological polar surface area (TPSA) is 119 Å². The first kappa shape index (κ1) is 22.2. The van der Waals surface area contributed by atoms with Crippen molar-refractivity contribution in [3.8, 4) is 11.5 Å². The predicted octanol–water partition coefficient (Wildman–Crippen LogP) is 4.42. The minimum Gasteiger partial charge on any atom is -0.441 e. The second-order valence-corrected chi connectivity index (χ2v) is 8.15. The third kappa shape index (κ3) is 4.48. The maximum Gasteiger partial charge on any atom is 0.272 e. The van der Waals surface area contributed by atoms with Gasteiger partial charge in [-0.3, -0.25) is 19.7 Å². The number of carbonyl (C=O) groups is 2. The van der Waals surface area contributed by atoms with Crippen molar-refractivity contribution in [2.75, 3.05) is 11.9 Å². The average Bonchev–Trinajstić information content (AvgIpc) is 3.40. The number of nitro groups is 1. The summed E-state index contributed by atoms with van der Waals surface area (Å²) < 4.78 is 5.67. The van der Waals surface area contributed by atoms with E-state index >= 15 is 0 Å². The highest BCUT2D eigenvalue weighted by Gasteiger charge is 2.35. The van der Waals surface area contributed by atoms with E-state index < -0.39 is 11.0 Å². The van der Waals surface area contributed by atoms with E-state index in [0.29, 0.717) is 42.1 Å². The Kier molecular flexibility index (Phi) is 5.95. The van der Waals surface area contributed by atoms with E-state index in [1.807, 2.05) is 19.9 Å². The van der Waals surface area contributed by atoms with Gasteiger partial charge in [-0.05, 0) is 63.9 Å². The second kappa shape index (κ2) is 8.85. The van der Waals surface area contributed by atoms with Crippen molar-refractivity contribution in [3.05, 3.63) is 75.2 Å². The Morgan fingerprint density at radius 2 is 1.97 bits per heavy atom. The zero-order valence-corrected chi connectivity index (χ0v) is 18.6. The number of nitrogens with zero attached hydrogens (tertiary/aromatic N) is 3. The van der Waals surface area contributed by atoms with Crippen LogP contribution in [-0.4, -0.2) is 39.2 Å². The molecule has 1 fully saturated rings. The van der Waals surface area contributed by atoms with Gasteiger partial charge in [0.1, 0.15) is 11.8 Å². The molecular weight excluding hydrogens is 424 g/mol. The van der Waals surface area contributed by atoms with Crippen LogP contribution in [0.4, 0.5) is 11.4 Å². The quantitative estimate of drug-likeness (QED) is 0.456. The summed E-state index contributed by atoms with van der Waals surface area (Å²) in [5, 5.41) is 13.9. The summed E-state index contributed by atoms with van der Waals surface area (Å²) in [6, 6.07) is 10.8. The average molecular weight is 448 g/mol. The fraction of sp³-hybridized carbons (Fsp3) is 0.292. The Hall–Kier alpha value is -4.01. The molecule has 1 aliphatic rings. The molecule has 1 saturated heterocycles. The van der Waals surface area contributed by atoms with Crippen LogP contribution in [0.1, 0.15) is 40.2 Å². The molecule has 0 bridgehead atoms. The van der Waals surface area contributed by atoms with Crippen molar-refractivity contribution < 1.29 is 18.9 Å². The molecule has 33 heavy (non-hydrogen) atoms. The standard InChI is InChI=1S/C24H24N4O5/c1-14-12-18(9-10-20(14)28(31)32)24(30)27-11-5-8-21(27)22(29)26-19-7-4-6-17(13-19)23-25-15(2)16(3)33-23/h4,6-7,9-10,12-13,21H,5,8,11H2,1-3H3,(H,26,29). The molecule has 0 saturated carbocycles. The summed E-state index contributed by atoms with van der Waals surface area (Å²) in [6.45, 7) is 5.75. The molecule has 9 nitrogen and oxygen atoms in total. The number of rotatable bonds is 5. The van der Waals surface area contributed by atoms with Gasteiger partial charge in [0, 0.05) is 35.0 Å². The van der Waals surface area contributed by atoms with Crippen LogP contribution in [0.25, 0.3) is 11.5 Å². The fourth-order valence-electron chi connectivity index (χ4n) is 3.99. The predicted molar refractivity (Wildman–Crippen MR) is 122 cm³/mol. The number of amides is 2. The number of nitrogens with one attached hydrogen (secondary N) is 1. The summed E-state index contributed by atoms with van der Waals surface area (Å²) in [7, 11) is 0. The van der Waals surface area contributed by atoms with E-state index in [0.717, 1.165) is 17.0 Å². The van der Waals surface area contributed by atoms with Gasteiger partial charge in [-0.1, -0.05) is 6.07 Å². The van der Waals surface area contributed by atoms with E-state index in [1.165, 1.54) is 23.1 Å². The Morgan fingerprint density at radius 1 is 1.18 bits per heavy atom. The van der Waals surface area contributed by atoms with Crippen LogP contribution >= 0.6 is 0 Å². The molecular formula is C24H24N4O5. The molecule has 0 spiro atoms. The summed E-state index contributed by atoms with van der Waals surface area (Å²) in [5.74, 6) is 0.620. The normalized spacial score (nSPS) is 15.5. The first-order valence-corrected chi connectivity index (χ1v) is 10.7. The van der Waals surface area contributed by atoms with Gasteiger partial charge >= 0.3 is 0 Å². The number of hydrogen-bond acceptors (Lipinski definition) is 6. The molecule has 1 atom stereocenters. The highest BCUT2D eigenvalue weighted by Crippen LogP contribution is 2.27. The van der Waals surface area contributed by atoms with Crippen LogP contribution in [0.5, 0.6) is 0 Å². The zero-order valence-electron chi connectivity index (χ0n) is 18.6. The molecule has 3 aromatic rings. The third-order valence-electron chi connectivity index (χ3n) is 5.86. The molecule has 9 heteroatoms. The molecule has 2 aromatic carbocycles. The molecule has 4 rings (SSSR count). The van der Waals surface area contributed by atoms with E-state index in [9.17, 15) is 19.7 Å². The lowest BCUT2D eigenvalue weighted by atomic mass is 10.1. The fourth-order valence-corrected chi connectivity index (χ4v) is 3.99. The van der Waals surface area contributed by atoms with Gasteiger partial charge in [0.2, 0.25) is 11.8 Å². The van der Waals surface area contributed by atoms with Gasteiger partial charge in [-0.25, -0.2) is 4.98 Å². The zero-order chi connectivity index (χ0) is 23.7. The Morgan fingerprint density at radius 3 is 2.64 bits per heavy atom. The van der Waals surface area contributed by atoms with Crippen LogP contribution in [0.15, 0.2) is 46.9 Å². The van der Waals surface area contributed by atoms with E-state index in [4.69, 9.17) is 4.42 Å². The van der Waals surface area contributed by atoms with Gasteiger partial charge < -0.3 is 14.6 Å². The first-order valence-electron chi connectivity index (χ1n) is 10.7. The number of hydrogen-bond donors (Lipinski definition) is 1. The maximum absolute atomic E-state index is 13.1. The lowest BCUT2D eigenvalue weighted by Gasteiger charge is -2.24. The molecule has 170 valence electrons. The minimum absolute atomic E-state index is 0.0430. The SMILES string of the molecule is Cc1cc(C(=O)N2CCCC2C(=O)Nc2cccc(-c3nc(C)c(C)o3)c2)ccc1[N+](=O)[O-]. The van der Waals surface area contributed by atoms with Crippen LogP contribution in [0.2, 0.25) is 0 Å². The van der Waals surface area contributed by atoms with Crippen LogP contribution in [0, 0.1) is 30.9 Å². The molecule has 0 aliphatic carbocycles. The van der Waals surface area contributed by atoms with Gasteiger partial charge in [-0.15, -0.1) is 0 Å². The number of aryl methyl sites for hydroxylation is 3. The largest absolute Gasteiger partial charge is 0.441 e. The monoisotopic (exact) mass is 448 g/mol. The molecule has 0 radical (unpaired) electrons. The summed E-state index contributed by atoms with van der Waals surface area (Å²) in [5.41, 5.74) is 2.81. The lowest BCUT2D eigenvalue weighted by Crippen LogP contribution is -2.43. The van der Waals surface area contributed by atoms with Crippen molar-refractivity contribution in [1.29, 1.82) is 0 Å². The van der Waals surface area contributed by atoms with Gasteiger partial charge in [0.25, 0.3) is 11.6 Å².